The van der Waals surface area contributed by atoms with Crippen LogP contribution in [0.2, 0.25) is 0 Å². The molecule has 0 spiro atoms. The van der Waals surface area contributed by atoms with Crippen molar-refractivity contribution in [1.82, 2.24) is 0 Å². The molecule has 1 aromatic heterocycles. The summed E-state index contributed by atoms with van der Waals surface area (Å²) in [5.74, 6) is 3.05. The highest BCUT2D eigenvalue weighted by molar-refractivity contribution is 7.13. The molecule has 1 aliphatic heterocycles. The highest BCUT2D eigenvalue weighted by Gasteiger charge is 2.25. The van der Waals surface area contributed by atoms with Gasteiger partial charge < -0.3 is 9.47 Å². The minimum Gasteiger partial charge on any atom is -0.489 e. The molecule has 0 atom stereocenters. The van der Waals surface area contributed by atoms with E-state index in [0.717, 1.165) is 37.6 Å². The lowest BCUT2D eigenvalue weighted by Crippen LogP contribution is -2.09. The fourth-order valence-corrected chi connectivity index (χ4v) is 3.22. The molecular weight excluding hydrogens is 232 g/mol. The average molecular weight is 254 g/mol. The Morgan fingerprint density at radius 3 is 1.59 bits per heavy atom. The van der Waals surface area contributed by atoms with Crippen molar-refractivity contribution >= 4 is 11.3 Å². The molecule has 3 heteroatoms. The van der Waals surface area contributed by atoms with Gasteiger partial charge in [0.2, 0.25) is 0 Å². The van der Waals surface area contributed by atoms with Crippen molar-refractivity contribution in [1.29, 1.82) is 0 Å². The van der Waals surface area contributed by atoms with Crippen molar-refractivity contribution in [2.75, 3.05) is 13.2 Å². The van der Waals surface area contributed by atoms with Gasteiger partial charge in [-0.05, 0) is 24.7 Å². The van der Waals surface area contributed by atoms with Gasteiger partial charge in [0.1, 0.15) is 0 Å². The molecule has 0 N–H and O–H groups in total. The topological polar surface area (TPSA) is 18.5 Å². The van der Waals surface area contributed by atoms with Crippen LogP contribution in [0.3, 0.4) is 0 Å². The molecule has 0 aliphatic carbocycles. The number of fused-ring (bicyclic) bond motifs is 1. The molecule has 96 valence electrons. The summed E-state index contributed by atoms with van der Waals surface area (Å²) < 4.78 is 11.9. The molecule has 2 rings (SSSR count). The van der Waals surface area contributed by atoms with E-state index < -0.39 is 0 Å². The normalized spacial score (nSPS) is 16.1. The summed E-state index contributed by atoms with van der Waals surface area (Å²) in [5.41, 5.74) is 0. The Balaban J connectivity index is 2.45. The molecular formula is C14H22O2S. The molecule has 0 fully saturated rings. The van der Waals surface area contributed by atoms with Crippen LogP contribution in [0.1, 0.15) is 62.1 Å². The molecule has 2 nitrogen and oxygen atoms in total. The van der Waals surface area contributed by atoms with Gasteiger partial charge in [-0.3, -0.25) is 0 Å². The standard InChI is InChI=1S/C14H22O2S/c1-9(2)13-11-12(14(17-13)10(3)4)16-8-6-5-7-15-11/h9-10H,5-8H2,1-4H3. The molecule has 0 aromatic carbocycles. The van der Waals surface area contributed by atoms with Crippen LogP contribution in [0.5, 0.6) is 11.5 Å². The summed E-state index contributed by atoms with van der Waals surface area (Å²) in [6.07, 6.45) is 2.17. The monoisotopic (exact) mass is 254 g/mol. The summed E-state index contributed by atoms with van der Waals surface area (Å²) in [4.78, 5) is 2.68. The Bertz CT molecular complexity index is 345. The molecule has 0 bridgehead atoms. The summed E-state index contributed by atoms with van der Waals surface area (Å²) in [7, 11) is 0. The molecule has 0 saturated heterocycles. The predicted molar refractivity (Wildman–Crippen MR) is 72.7 cm³/mol. The quantitative estimate of drug-likeness (QED) is 0.771. The average Bonchev–Trinajstić information content (AvgIpc) is 2.55. The van der Waals surface area contributed by atoms with Crippen molar-refractivity contribution in [2.45, 2.75) is 52.4 Å². The van der Waals surface area contributed by atoms with E-state index in [1.54, 1.807) is 0 Å². The number of thiophene rings is 1. The van der Waals surface area contributed by atoms with Gasteiger partial charge in [-0.15, -0.1) is 11.3 Å². The number of hydrogen-bond acceptors (Lipinski definition) is 3. The highest BCUT2D eigenvalue weighted by Crippen LogP contribution is 2.49. The third kappa shape index (κ3) is 2.59. The van der Waals surface area contributed by atoms with Crippen molar-refractivity contribution < 1.29 is 9.47 Å². The first-order valence-corrected chi connectivity index (χ1v) is 7.35. The van der Waals surface area contributed by atoms with Gasteiger partial charge in [-0.1, -0.05) is 27.7 Å². The van der Waals surface area contributed by atoms with Crippen molar-refractivity contribution in [3.8, 4) is 11.5 Å². The zero-order chi connectivity index (χ0) is 12.4. The summed E-state index contributed by atoms with van der Waals surface area (Å²) in [6, 6.07) is 0. The van der Waals surface area contributed by atoms with Crippen molar-refractivity contribution in [2.24, 2.45) is 0 Å². The second-order valence-electron chi connectivity index (χ2n) is 5.20. The molecule has 0 amide bonds. The molecule has 1 aliphatic rings. The maximum absolute atomic E-state index is 5.94. The van der Waals surface area contributed by atoms with Crippen molar-refractivity contribution in [3.05, 3.63) is 9.75 Å². The smallest absolute Gasteiger partial charge is 0.175 e. The van der Waals surface area contributed by atoms with Gasteiger partial charge in [0.25, 0.3) is 0 Å². The number of hydrogen-bond donors (Lipinski definition) is 0. The predicted octanol–water partition coefficient (Wildman–Crippen LogP) is 4.55. The third-order valence-electron chi connectivity index (χ3n) is 2.95. The molecule has 0 radical (unpaired) electrons. The summed E-state index contributed by atoms with van der Waals surface area (Å²) >= 11 is 1.86. The van der Waals surface area contributed by atoms with E-state index >= 15 is 0 Å². The Hall–Kier alpha value is -0.700. The van der Waals surface area contributed by atoms with Crippen LogP contribution < -0.4 is 9.47 Å². The lowest BCUT2D eigenvalue weighted by molar-refractivity contribution is 0.222. The first kappa shape index (κ1) is 12.7. The fourth-order valence-electron chi connectivity index (χ4n) is 2.02. The Morgan fingerprint density at radius 1 is 0.824 bits per heavy atom. The zero-order valence-electron chi connectivity index (χ0n) is 11.2. The van der Waals surface area contributed by atoms with Crippen LogP contribution in [0.15, 0.2) is 0 Å². The van der Waals surface area contributed by atoms with E-state index in [9.17, 15) is 0 Å². The maximum Gasteiger partial charge on any atom is 0.175 e. The zero-order valence-corrected chi connectivity index (χ0v) is 12.0. The first-order chi connectivity index (χ1) is 8.11. The van der Waals surface area contributed by atoms with E-state index in [1.165, 1.54) is 9.75 Å². The van der Waals surface area contributed by atoms with Crippen LogP contribution in [0.25, 0.3) is 0 Å². The molecule has 2 heterocycles. The van der Waals surface area contributed by atoms with Gasteiger partial charge in [0.15, 0.2) is 11.5 Å². The van der Waals surface area contributed by atoms with Gasteiger partial charge in [-0.2, -0.15) is 0 Å². The molecule has 17 heavy (non-hydrogen) atoms. The van der Waals surface area contributed by atoms with Gasteiger partial charge in [-0.25, -0.2) is 0 Å². The van der Waals surface area contributed by atoms with E-state index in [2.05, 4.69) is 27.7 Å². The van der Waals surface area contributed by atoms with Gasteiger partial charge >= 0.3 is 0 Å². The highest BCUT2D eigenvalue weighted by atomic mass is 32.1. The Labute approximate surface area is 108 Å². The molecule has 0 saturated carbocycles. The fraction of sp³-hybridized carbons (Fsp3) is 0.714. The Kier molecular flexibility index (Phi) is 3.97. The van der Waals surface area contributed by atoms with Crippen LogP contribution in [-0.2, 0) is 0 Å². The largest absolute Gasteiger partial charge is 0.489 e. The SMILES string of the molecule is CC(C)c1sc(C(C)C)c2c1OCCCCO2. The minimum atomic E-state index is 0.504. The second kappa shape index (κ2) is 5.30. The number of rotatable bonds is 2. The first-order valence-electron chi connectivity index (χ1n) is 6.53. The van der Waals surface area contributed by atoms with Crippen molar-refractivity contribution in [3.63, 3.8) is 0 Å². The van der Waals surface area contributed by atoms with Gasteiger partial charge in [0.05, 0.1) is 23.0 Å². The van der Waals surface area contributed by atoms with Gasteiger partial charge in [0, 0.05) is 0 Å². The van der Waals surface area contributed by atoms with E-state index in [4.69, 9.17) is 9.47 Å². The second-order valence-corrected chi connectivity index (χ2v) is 6.29. The minimum absolute atomic E-state index is 0.504. The van der Waals surface area contributed by atoms with E-state index in [-0.39, 0.29) is 0 Å². The molecule has 1 aromatic rings. The lowest BCUT2D eigenvalue weighted by atomic mass is 10.1. The van der Waals surface area contributed by atoms with Crippen LogP contribution in [0.4, 0.5) is 0 Å². The van der Waals surface area contributed by atoms with Crippen LogP contribution in [0, 0.1) is 0 Å². The molecule has 0 unspecified atom stereocenters. The number of ether oxygens (including phenoxy) is 2. The van der Waals surface area contributed by atoms with E-state index in [1.807, 2.05) is 11.3 Å². The third-order valence-corrected chi connectivity index (χ3v) is 4.71. The maximum atomic E-state index is 5.94. The van der Waals surface area contributed by atoms with Crippen LogP contribution in [-0.4, -0.2) is 13.2 Å². The lowest BCUT2D eigenvalue weighted by Gasteiger charge is -2.16. The van der Waals surface area contributed by atoms with Crippen LogP contribution >= 0.6 is 11.3 Å². The summed E-state index contributed by atoms with van der Waals surface area (Å²) in [6.45, 7) is 10.5. The summed E-state index contributed by atoms with van der Waals surface area (Å²) in [5, 5.41) is 0. The Morgan fingerprint density at radius 2 is 1.24 bits per heavy atom. The van der Waals surface area contributed by atoms with E-state index in [0.29, 0.717) is 11.8 Å².